The van der Waals surface area contributed by atoms with E-state index in [1.165, 1.54) is 0 Å². The van der Waals surface area contributed by atoms with Crippen molar-refractivity contribution in [1.82, 2.24) is 0 Å². The van der Waals surface area contributed by atoms with Crippen molar-refractivity contribution in [3.8, 4) is 5.75 Å². The summed E-state index contributed by atoms with van der Waals surface area (Å²) in [5.41, 5.74) is 1.26. The predicted octanol–water partition coefficient (Wildman–Crippen LogP) is 1.73. The van der Waals surface area contributed by atoms with Crippen LogP contribution in [0, 0.1) is 0 Å². The Labute approximate surface area is 79.9 Å². The van der Waals surface area contributed by atoms with Crippen molar-refractivity contribution >= 4 is 11.0 Å². The molecular formula is C11H8O3. The molecule has 1 aromatic carbocycles. The first-order valence-corrected chi connectivity index (χ1v) is 4.54. The van der Waals surface area contributed by atoms with E-state index < -0.39 is 0 Å². The number of benzene rings is 1. The van der Waals surface area contributed by atoms with Gasteiger partial charge in [-0.3, -0.25) is 0 Å². The van der Waals surface area contributed by atoms with Gasteiger partial charge in [0.1, 0.15) is 5.58 Å². The van der Waals surface area contributed by atoms with E-state index in [1.54, 1.807) is 6.07 Å². The summed E-state index contributed by atoms with van der Waals surface area (Å²) in [6.07, 6.45) is 0.793. The van der Waals surface area contributed by atoms with Crippen LogP contribution in [-0.4, -0.2) is 6.61 Å². The molecule has 3 rings (SSSR count). The van der Waals surface area contributed by atoms with Crippen molar-refractivity contribution in [2.75, 3.05) is 6.61 Å². The van der Waals surface area contributed by atoms with E-state index in [0.29, 0.717) is 17.9 Å². The van der Waals surface area contributed by atoms with Crippen LogP contribution in [0.15, 0.2) is 33.5 Å². The lowest BCUT2D eigenvalue weighted by Crippen LogP contribution is -2.02. The summed E-state index contributed by atoms with van der Waals surface area (Å²) in [6.45, 7) is 0.577. The first-order valence-electron chi connectivity index (χ1n) is 4.54. The van der Waals surface area contributed by atoms with Crippen LogP contribution in [0.3, 0.4) is 0 Å². The molecule has 0 unspecified atom stereocenters. The van der Waals surface area contributed by atoms with Crippen LogP contribution < -0.4 is 10.4 Å². The molecule has 0 N–H and O–H groups in total. The molecule has 0 radical (unpaired) electrons. The predicted molar refractivity (Wildman–Crippen MR) is 51.7 cm³/mol. The summed E-state index contributed by atoms with van der Waals surface area (Å²) in [6, 6.07) is 7.54. The number of para-hydroxylation sites is 1. The highest BCUT2D eigenvalue weighted by atomic mass is 16.5. The second-order valence-electron chi connectivity index (χ2n) is 3.29. The molecule has 2 heterocycles. The Bertz CT molecular complexity index is 554. The van der Waals surface area contributed by atoms with Gasteiger partial charge in [0.05, 0.1) is 6.61 Å². The highest BCUT2D eigenvalue weighted by Gasteiger charge is 2.20. The van der Waals surface area contributed by atoms with Gasteiger partial charge in [0.25, 0.3) is 0 Å². The van der Waals surface area contributed by atoms with Gasteiger partial charge in [0.2, 0.25) is 5.75 Å². The molecule has 1 aliphatic rings. The molecule has 70 valence electrons. The Hall–Kier alpha value is -1.77. The molecule has 1 aliphatic heterocycles. The summed E-state index contributed by atoms with van der Waals surface area (Å²) < 4.78 is 10.4. The fourth-order valence-corrected chi connectivity index (χ4v) is 1.85. The molecule has 14 heavy (non-hydrogen) atoms. The Balaban J connectivity index is 2.52. The van der Waals surface area contributed by atoms with E-state index in [-0.39, 0.29) is 5.63 Å². The van der Waals surface area contributed by atoms with Gasteiger partial charge in [0, 0.05) is 17.4 Å². The van der Waals surface area contributed by atoms with Crippen LogP contribution in [0.5, 0.6) is 5.75 Å². The normalized spacial score (nSPS) is 14.0. The average molecular weight is 188 g/mol. The third kappa shape index (κ3) is 0.894. The van der Waals surface area contributed by atoms with Gasteiger partial charge in [-0.2, -0.15) is 0 Å². The topological polar surface area (TPSA) is 39.4 Å². The molecule has 0 saturated heterocycles. The van der Waals surface area contributed by atoms with Gasteiger partial charge in [-0.15, -0.1) is 0 Å². The monoisotopic (exact) mass is 188 g/mol. The molecule has 2 aromatic rings. The van der Waals surface area contributed by atoms with Crippen molar-refractivity contribution in [3.63, 3.8) is 0 Å². The maximum Gasteiger partial charge on any atom is 0.379 e. The highest BCUT2D eigenvalue weighted by molar-refractivity contribution is 5.82. The lowest BCUT2D eigenvalue weighted by molar-refractivity contribution is 0.340. The van der Waals surface area contributed by atoms with Crippen molar-refractivity contribution < 1.29 is 9.15 Å². The average Bonchev–Trinajstić information content (AvgIpc) is 2.67. The second-order valence-corrected chi connectivity index (χ2v) is 3.29. The van der Waals surface area contributed by atoms with E-state index in [9.17, 15) is 4.79 Å². The van der Waals surface area contributed by atoms with Crippen LogP contribution in [-0.2, 0) is 6.42 Å². The van der Waals surface area contributed by atoms with Gasteiger partial charge >= 0.3 is 5.63 Å². The van der Waals surface area contributed by atoms with Gasteiger partial charge in [-0.25, -0.2) is 4.79 Å². The number of rotatable bonds is 0. The summed E-state index contributed by atoms with van der Waals surface area (Å²) in [4.78, 5) is 11.4. The second kappa shape index (κ2) is 2.61. The number of ether oxygens (including phenoxy) is 1. The van der Waals surface area contributed by atoms with Crippen molar-refractivity contribution in [2.24, 2.45) is 0 Å². The molecule has 1 aromatic heterocycles. The van der Waals surface area contributed by atoms with Crippen LogP contribution in [0.25, 0.3) is 11.0 Å². The van der Waals surface area contributed by atoms with Gasteiger partial charge < -0.3 is 9.15 Å². The summed E-state index contributed by atoms with van der Waals surface area (Å²) in [7, 11) is 0. The minimum Gasteiger partial charge on any atom is -0.486 e. The maximum atomic E-state index is 11.4. The van der Waals surface area contributed by atoms with Gasteiger partial charge in [-0.05, 0) is 6.07 Å². The Morgan fingerprint density at radius 2 is 2.07 bits per heavy atom. The SMILES string of the molecule is O=c1oc2ccccc2c2c1OCC2. The maximum absolute atomic E-state index is 11.4. The third-order valence-electron chi connectivity index (χ3n) is 2.47. The van der Waals surface area contributed by atoms with Gasteiger partial charge in [-0.1, -0.05) is 18.2 Å². The first kappa shape index (κ1) is 7.62. The molecule has 0 fully saturated rings. The smallest absolute Gasteiger partial charge is 0.379 e. The molecule has 0 amide bonds. The molecule has 3 heteroatoms. The minimum atomic E-state index is -0.365. The Morgan fingerprint density at radius 3 is 3.00 bits per heavy atom. The summed E-state index contributed by atoms with van der Waals surface area (Å²) in [5.74, 6) is 0.392. The lowest BCUT2D eigenvalue weighted by Gasteiger charge is -2.00. The Morgan fingerprint density at radius 1 is 1.21 bits per heavy atom. The highest BCUT2D eigenvalue weighted by Crippen LogP contribution is 2.28. The van der Waals surface area contributed by atoms with Crippen LogP contribution in [0.1, 0.15) is 5.56 Å². The fourth-order valence-electron chi connectivity index (χ4n) is 1.85. The number of hydrogen-bond acceptors (Lipinski definition) is 3. The first-order chi connectivity index (χ1) is 6.86. The molecule has 0 spiro atoms. The van der Waals surface area contributed by atoms with E-state index in [0.717, 1.165) is 17.4 Å². The Kier molecular flexibility index (Phi) is 1.42. The van der Waals surface area contributed by atoms with Crippen LogP contribution in [0.4, 0.5) is 0 Å². The van der Waals surface area contributed by atoms with E-state index in [1.807, 2.05) is 18.2 Å². The summed E-state index contributed by atoms with van der Waals surface area (Å²) in [5, 5.41) is 0.986. The number of hydrogen-bond donors (Lipinski definition) is 0. The van der Waals surface area contributed by atoms with E-state index in [4.69, 9.17) is 9.15 Å². The quantitative estimate of drug-likeness (QED) is 0.591. The van der Waals surface area contributed by atoms with E-state index in [2.05, 4.69) is 0 Å². The molecule has 0 saturated carbocycles. The van der Waals surface area contributed by atoms with Crippen LogP contribution in [0.2, 0.25) is 0 Å². The number of fused-ring (bicyclic) bond motifs is 3. The largest absolute Gasteiger partial charge is 0.486 e. The lowest BCUT2D eigenvalue weighted by atomic mass is 10.1. The molecule has 0 aliphatic carbocycles. The van der Waals surface area contributed by atoms with Crippen molar-refractivity contribution in [2.45, 2.75) is 6.42 Å². The van der Waals surface area contributed by atoms with Crippen molar-refractivity contribution in [3.05, 3.63) is 40.2 Å². The molecule has 0 bridgehead atoms. The van der Waals surface area contributed by atoms with Gasteiger partial charge in [0.15, 0.2) is 0 Å². The third-order valence-corrected chi connectivity index (χ3v) is 2.47. The molecule has 0 atom stereocenters. The van der Waals surface area contributed by atoms with E-state index >= 15 is 0 Å². The van der Waals surface area contributed by atoms with Crippen LogP contribution >= 0.6 is 0 Å². The molecule has 3 nitrogen and oxygen atoms in total. The summed E-state index contributed by atoms with van der Waals surface area (Å²) >= 11 is 0. The standard InChI is InChI=1S/C11H8O3/c12-11-10-8(5-6-13-10)7-3-1-2-4-9(7)14-11/h1-4H,5-6H2. The molecular weight excluding hydrogens is 180 g/mol. The zero-order chi connectivity index (χ0) is 9.54. The minimum absolute atomic E-state index is 0.365. The van der Waals surface area contributed by atoms with Crippen molar-refractivity contribution in [1.29, 1.82) is 0 Å². The fraction of sp³-hybridized carbons (Fsp3) is 0.182. The zero-order valence-electron chi connectivity index (χ0n) is 7.45. The zero-order valence-corrected chi connectivity index (χ0v) is 7.45.